The minimum absolute atomic E-state index is 0.292. The molecule has 2 heterocycles. The van der Waals surface area contributed by atoms with E-state index in [2.05, 4.69) is 4.98 Å². The second kappa shape index (κ2) is 5.13. The first-order valence-electron chi connectivity index (χ1n) is 6.81. The van der Waals surface area contributed by atoms with Crippen LogP contribution in [0, 0.1) is 6.92 Å². The highest BCUT2D eigenvalue weighted by atomic mass is 32.2. The van der Waals surface area contributed by atoms with E-state index in [4.69, 9.17) is 5.73 Å². The highest BCUT2D eigenvalue weighted by Gasteiger charge is 2.32. The van der Waals surface area contributed by atoms with Gasteiger partial charge in [0.2, 0.25) is 0 Å². The molecule has 2 aromatic rings. The van der Waals surface area contributed by atoms with Crippen LogP contribution in [-0.2, 0) is 23.0 Å². The summed E-state index contributed by atoms with van der Waals surface area (Å²) in [6, 6.07) is 10.4. The number of fused-ring (bicyclic) bond motifs is 1. The molecule has 5 nitrogen and oxygen atoms in total. The van der Waals surface area contributed by atoms with E-state index < -0.39 is 10.0 Å². The molecule has 0 fully saturated rings. The Bertz CT molecular complexity index is 773. The van der Waals surface area contributed by atoms with Gasteiger partial charge >= 0.3 is 0 Å². The number of nitrogens with zero attached hydrogens (tertiary/aromatic N) is 2. The van der Waals surface area contributed by atoms with E-state index in [-0.39, 0.29) is 0 Å². The number of hydrogen-bond acceptors (Lipinski definition) is 4. The third kappa shape index (κ3) is 2.30. The molecule has 1 aromatic heterocycles. The maximum absolute atomic E-state index is 12.7. The van der Waals surface area contributed by atoms with E-state index in [1.165, 1.54) is 4.31 Å². The van der Waals surface area contributed by atoms with Crippen molar-refractivity contribution in [1.29, 1.82) is 0 Å². The molecule has 21 heavy (non-hydrogen) atoms. The lowest BCUT2D eigenvalue weighted by Crippen LogP contribution is -2.29. The smallest absolute Gasteiger partial charge is 0.265 e. The zero-order valence-electron chi connectivity index (χ0n) is 11.8. The minimum atomic E-state index is -3.55. The Morgan fingerprint density at radius 2 is 2.00 bits per heavy atom. The van der Waals surface area contributed by atoms with Crippen LogP contribution in [0.4, 0.5) is 5.82 Å². The lowest BCUT2D eigenvalue weighted by molar-refractivity contribution is 0.592. The summed E-state index contributed by atoms with van der Waals surface area (Å²) in [5.41, 5.74) is 8.38. The quantitative estimate of drug-likeness (QED) is 0.934. The van der Waals surface area contributed by atoms with Gasteiger partial charge in [0.25, 0.3) is 10.0 Å². The molecule has 0 radical (unpaired) electrons. The van der Waals surface area contributed by atoms with Crippen LogP contribution < -0.4 is 10.0 Å². The Morgan fingerprint density at radius 1 is 1.29 bits per heavy atom. The Labute approximate surface area is 124 Å². The molecule has 1 aromatic carbocycles. The molecule has 0 aliphatic carbocycles. The highest BCUT2D eigenvalue weighted by molar-refractivity contribution is 7.92. The van der Waals surface area contributed by atoms with Gasteiger partial charge in [-0.15, -0.1) is 0 Å². The Morgan fingerprint density at radius 3 is 2.67 bits per heavy atom. The highest BCUT2D eigenvalue weighted by Crippen LogP contribution is 2.32. The lowest BCUT2D eigenvalue weighted by Gasteiger charge is -2.19. The zero-order chi connectivity index (χ0) is 15.0. The predicted octanol–water partition coefficient (Wildman–Crippen LogP) is 1.60. The molecule has 0 saturated carbocycles. The van der Waals surface area contributed by atoms with Gasteiger partial charge in [-0.05, 0) is 42.7 Å². The van der Waals surface area contributed by atoms with Gasteiger partial charge in [0.1, 0.15) is 5.82 Å². The van der Waals surface area contributed by atoms with E-state index >= 15 is 0 Å². The average Bonchev–Trinajstić information content (AvgIpc) is 2.90. The van der Waals surface area contributed by atoms with E-state index in [1.807, 2.05) is 13.0 Å². The molecule has 6 heteroatoms. The van der Waals surface area contributed by atoms with Crippen LogP contribution >= 0.6 is 0 Å². The first-order valence-corrected chi connectivity index (χ1v) is 8.25. The van der Waals surface area contributed by atoms with Crippen LogP contribution in [0.1, 0.15) is 16.8 Å². The molecule has 0 amide bonds. The summed E-state index contributed by atoms with van der Waals surface area (Å²) < 4.78 is 26.8. The van der Waals surface area contributed by atoms with E-state index in [0.29, 0.717) is 30.2 Å². The Kier molecular flexibility index (Phi) is 3.43. The molecule has 0 atom stereocenters. The number of pyridine rings is 1. The molecule has 0 spiro atoms. The molecule has 1 aliphatic rings. The molecule has 0 unspecified atom stereocenters. The maximum atomic E-state index is 12.7. The van der Waals surface area contributed by atoms with Crippen LogP contribution in [0.2, 0.25) is 0 Å². The third-order valence-electron chi connectivity index (χ3n) is 3.75. The second-order valence-corrected chi connectivity index (χ2v) is 6.92. The molecular formula is C15H17N3O2S. The number of nitrogens with two attached hydrogens (primary N) is 1. The van der Waals surface area contributed by atoms with Crippen molar-refractivity contribution in [3.63, 3.8) is 0 Å². The van der Waals surface area contributed by atoms with Crippen LogP contribution in [0.25, 0.3) is 0 Å². The van der Waals surface area contributed by atoms with E-state index in [9.17, 15) is 8.42 Å². The van der Waals surface area contributed by atoms with Gasteiger partial charge < -0.3 is 5.73 Å². The SMILES string of the molecule is Cc1nc2c(cc1CN)CCN2S(=O)(=O)c1ccccc1. The van der Waals surface area contributed by atoms with Gasteiger partial charge in [0.15, 0.2) is 0 Å². The Balaban J connectivity index is 2.07. The largest absolute Gasteiger partial charge is 0.326 e. The average molecular weight is 303 g/mol. The van der Waals surface area contributed by atoms with Gasteiger partial charge in [-0.3, -0.25) is 0 Å². The summed E-state index contributed by atoms with van der Waals surface area (Å²) in [4.78, 5) is 4.76. The molecule has 1 aliphatic heterocycles. The monoisotopic (exact) mass is 303 g/mol. The number of benzene rings is 1. The van der Waals surface area contributed by atoms with Crippen molar-refractivity contribution in [1.82, 2.24) is 4.98 Å². The van der Waals surface area contributed by atoms with Gasteiger partial charge in [-0.1, -0.05) is 18.2 Å². The zero-order valence-corrected chi connectivity index (χ0v) is 12.6. The van der Waals surface area contributed by atoms with Gasteiger partial charge in [0, 0.05) is 18.8 Å². The fourth-order valence-corrected chi connectivity index (χ4v) is 4.04. The fraction of sp³-hybridized carbons (Fsp3) is 0.267. The van der Waals surface area contributed by atoms with Crippen molar-refractivity contribution in [2.24, 2.45) is 5.73 Å². The summed E-state index contributed by atoms with van der Waals surface area (Å²) in [5, 5.41) is 0. The van der Waals surface area contributed by atoms with Crippen molar-refractivity contribution in [3.05, 3.63) is 53.2 Å². The van der Waals surface area contributed by atoms with Gasteiger partial charge in [-0.2, -0.15) is 0 Å². The maximum Gasteiger partial charge on any atom is 0.265 e. The van der Waals surface area contributed by atoms with Crippen molar-refractivity contribution in [2.75, 3.05) is 10.8 Å². The Hall–Kier alpha value is -1.92. The number of aromatic nitrogens is 1. The first kappa shape index (κ1) is 14.0. The standard InChI is InChI=1S/C15H17N3O2S/c1-11-13(10-16)9-12-7-8-18(15(12)17-11)21(19,20)14-5-3-2-4-6-14/h2-6,9H,7-8,10,16H2,1H3. The molecule has 3 rings (SSSR count). The van der Waals surface area contributed by atoms with Gasteiger partial charge in [-0.25, -0.2) is 17.7 Å². The molecule has 110 valence electrons. The normalized spacial score (nSPS) is 14.3. The molecule has 2 N–H and O–H groups in total. The summed E-state index contributed by atoms with van der Waals surface area (Å²) >= 11 is 0. The number of aryl methyl sites for hydroxylation is 1. The topological polar surface area (TPSA) is 76.3 Å². The number of anilines is 1. The lowest BCUT2D eigenvalue weighted by atomic mass is 10.1. The third-order valence-corrected chi connectivity index (χ3v) is 5.55. The van der Waals surface area contributed by atoms with Crippen molar-refractivity contribution >= 4 is 15.8 Å². The van der Waals surface area contributed by atoms with Crippen LogP contribution in [0.15, 0.2) is 41.3 Å². The summed E-state index contributed by atoms with van der Waals surface area (Å²) in [6.07, 6.45) is 0.668. The summed E-state index contributed by atoms with van der Waals surface area (Å²) in [7, 11) is -3.55. The van der Waals surface area contributed by atoms with Crippen LogP contribution in [0.5, 0.6) is 0 Å². The van der Waals surface area contributed by atoms with Crippen LogP contribution in [-0.4, -0.2) is 19.9 Å². The predicted molar refractivity (Wildman–Crippen MR) is 81.5 cm³/mol. The number of hydrogen-bond donors (Lipinski definition) is 1. The summed E-state index contributed by atoms with van der Waals surface area (Å²) in [5.74, 6) is 0.536. The second-order valence-electron chi connectivity index (χ2n) is 5.06. The molecule has 0 saturated heterocycles. The fourth-order valence-electron chi connectivity index (χ4n) is 2.57. The minimum Gasteiger partial charge on any atom is -0.326 e. The van der Waals surface area contributed by atoms with Crippen molar-refractivity contribution in [2.45, 2.75) is 24.8 Å². The molecule has 0 bridgehead atoms. The van der Waals surface area contributed by atoms with Crippen molar-refractivity contribution < 1.29 is 8.42 Å². The van der Waals surface area contributed by atoms with E-state index in [0.717, 1.165) is 16.8 Å². The summed E-state index contributed by atoms with van der Waals surface area (Å²) in [6.45, 7) is 2.69. The number of sulfonamides is 1. The molecular weight excluding hydrogens is 286 g/mol. The number of rotatable bonds is 3. The van der Waals surface area contributed by atoms with Crippen molar-refractivity contribution in [3.8, 4) is 0 Å². The first-order chi connectivity index (χ1) is 10.0. The van der Waals surface area contributed by atoms with Crippen LogP contribution in [0.3, 0.4) is 0 Å². The van der Waals surface area contributed by atoms with Gasteiger partial charge in [0.05, 0.1) is 4.90 Å². The van der Waals surface area contributed by atoms with E-state index in [1.54, 1.807) is 30.3 Å².